The van der Waals surface area contributed by atoms with Crippen molar-refractivity contribution < 1.29 is 43.3 Å². The van der Waals surface area contributed by atoms with E-state index in [4.69, 9.17) is 46.1 Å². The van der Waals surface area contributed by atoms with E-state index in [1.807, 2.05) is 88.4 Å². The van der Waals surface area contributed by atoms with Gasteiger partial charge in [-0.15, -0.1) is 0 Å². The first-order valence-electron chi connectivity index (χ1n) is 29.4. The Morgan fingerprint density at radius 2 is 0.920 bits per heavy atom. The summed E-state index contributed by atoms with van der Waals surface area (Å²) in [6.07, 6.45) is 3.88. The first-order chi connectivity index (χ1) is 42.0. The van der Waals surface area contributed by atoms with Crippen molar-refractivity contribution in [1.29, 1.82) is 0 Å². The Kier molecular flexibility index (Phi) is 24.8. The fourth-order valence-corrected chi connectivity index (χ4v) is 14.3. The average Bonchev–Trinajstić information content (AvgIpc) is 3.93. The molecule has 460 valence electrons. The van der Waals surface area contributed by atoms with Gasteiger partial charge in [0.15, 0.2) is 11.5 Å². The Hall–Kier alpha value is -6.24. The van der Waals surface area contributed by atoms with Crippen molar-refractivity contribution in [1.82, 2.24) is 35.6 Å². The van der Waals surface area contributed by atoms with Crippen molar-refractivity contribution in [3.05, 3.63) is 164 Å². The van der Waals surface area contributed by atoms with Crippen molar-refractivity contribution in [2.24, 2.45) is 0 Å². The molecule has 3 aliphatic heterocycles. The number of carbonyl (C=O) groups excluding carboxylic acids is 6. The van der Waals surface area contributed by atoms with Crippen LogP contribution in [-0.4, -0.2) is 155 Å². The van der Waals surface area contributed by atoms with Crippen LogP contribution in [0.15, 0.2) is 97.1 Å². The van der Waals surface area contributed by atoms with Crippen LogP contribution in [0.4, 0.5) is 0 Å². The molecule has 3 saturated heterocycles. The van der Waals surface area contributed by atoms with E-state index in [2.05, 4.69) is 27.8 Å². The molecule has 3 aliphatic rings. The van der Waals surface area contributed by atoms with Crippen molar-refractivity contribution in [3.63, 3.8) is 0 Å². The number of carbonyl (C=O) groups is 6. The van der Waals surface area contributed by atoms with Gasteiger partial charge in [0.1, 0.15) is 26.2 Å². The molecule has 2 atom stereocenters. The highest BCUT2D eigenvalue weighted by molar-refractivity contribution is 8.24. The third-order valence-corrected chi connectivity index (χ3v) is 20.1. The zero-order chi connectivity index (χ0) is 62.1. The summed E-state index contributed by atoms with van der Waals surface area (Å²) in [5.74, 6) is 0.375. The quantitative estimate of drug-likeness (QED) is 0.0273. The largest absolute Gasteiger partial charge is 0.484 e. The molecule has 0 spiro atoms. The van der Waals surface area contributed by atoms with Gasteiger partial charge < -0.3 is 30.5 Å². The predicted molar refractivity (Wildman–Crippen MR) is 360 cm³/mol. The lowest BCUT2D eigenvalue weighted by molar-refractivity contribution is 0.0847. The molecule has 16 nitrogen and oxygen atoms in total. The number of hydrogen-bond acceptors (Lipinski definition) is 16. The Morgan fingerprint density at radius 1 is 0.529 bits per heavy atom. The number of thioether (sulfide) groups is 3. The van der Waals surface area contributed by atoms with Gasteiger partial charge in [-0.3, -0.25) is 48.4 Å². The molecule has 6 amide bonds. The van der Waals surface area contributed by atoms with Crippen LogP contribution in [0, 0.1) is 27.7 Å². The first kappa shape index (κ1) is 66.7. The second kappa shape index (κ2) is 32.3. The van der Waals surface area contributed by atoms with Crippen LogP contribution < -0.4 is 25.4 Å². The minimum absolute atomic E-state index is 0.0560. The van der Waals surface area contributed by atoms with Crippen LogP contribution in [0.25, 0.3) is 0 Å². The molecule has 5 aromatic rings. The van der Waals surface area contributed by atoms with E-state index < -0.39 is 18.0 Å². The van der Waals surface area contributed by atoms with Crippen LogP contribution in [-0.2, 0) is 13.2 Å². The van der Waals surface area contributed by atoms with Gasteiger partial charge in [0.2, 0.25) is 0 Å². The Balaban J connectivity index is 1.11. The van der Waals surface area contributed by atoms with E-state index in [9.17, 15) is 29.1 Å². The number of nitrogens with one attached hydrogen (secondary N) is 3. The summed E-state index contributed by atoms with van der Waals surface area (Å²) < 4.78 is 14.8. The highest BCUT2D eigenvalue weighted by Crippen LogP contribution is 2.39. The summed E-state index contributed by atoms with van der Waals surface area (Å²) >= 11 is 20.9. The Labute approximate surface area is 539 Å². The van der Waals surface area contributed by atoms with Gasteiger partial charge in [0.25, 0.3) is 35.4 Å². The minimum Gasteiger partial charge on any atom is -0.484 e. The molecule has 87 heavy (non-hydrogen) atoms. The lowest BCUT2D eigenvalue weighted by atomic mass is 9.96. The number of unbranched alkanes of at least 4 members (excludes halogenated alkanes) is 2. The predicted octanol–water partition coefficient (Wildman–Crippen LogP) is 10.5. The molecule has 0 saturated carbocycles. The molecule has 0 radical (unpaired) electrons. The second-order valence-electron chi connectivity index (χ2n) is 21.6. The third-order valence-electron chi connectivity index (χ3n) is 15.8. The fourth-order valence-electron chi connectivity index (χ4n) is 10.6. The molecule has 0 bridgehead atoms. The summed E-state index contributed by atoms with van der Waals surface area (Å²) in [7, 11) is 0. The normalized spacial score (nSPS) is 14.8. The van der Waals surface area contributed by atoms with E-state index in [-0.39, 0.29) is 98.2 Å². The monoisotopic (exact) mass is 1290 g/mol. The van der Waals surface area contributed by atoms with Crippen molar-refractivity contribution in [2.45, 2.75) is 98.4 Å². The molecule has 3 fully saturated rings. The molecule has 3 heterocycles. The number of thiocarbonyl (C=S) groups is 3. The molecule has 0 aliphatic carbocycles. The van der Waals surface area contributed by atoms with Gasteiger partial charge >= 0.3 is 0 Å². The number of amides is 6. The van der Waals surface area contributed by atoms with E-state index in [1.54, 1.807) is 51.1 Å². The highest BCUT2D eigenvalue weighted by atomic mass is 32.2. The molecule has 0 aromatic heterocycles. The Bertz CT molecular complexity index is 3370. The molecular weight excluding hydrogens is 1220 g/mol. The number of rotatable bonds is 28. The number of ether oxygens (including phenoxy) is 2. The molecule has 22 heteroatoms. The summed E-state index contributed by atoms with van der Waals surface area (Å²) in [4.78, 5) is 92.5. The number of nitrogens with zero attached hydrogens (tertiary/aromatic N) is 4. The zero-order valence-corrected chi connectivity index (χ0v) is 54.7. The highest BCUT2D eigenvalue weighted by Gasteiger charge is 2.34. The van der Waals surface area contributed by atoms with Gasteiger partial charge in [0, 0.05) is 104 Å². The van der Waals surface area contributed by atoms with Gasteiger partial charge in [-0.2, -0.15) is 0 Å². The SMILES string of the molecule is CCCCC[C@@H](CN(CCNC(=O)c1ccc(C(=O)N2CCSC2=S)c(C)c1C)C[C@H](CCCO)NC(=O)c1ccc(C(=O)N2CCSC2=S)c(C)c1C)NC(=O)c1ccc(C(=O)N2CCSC2=S)c(OCc2ccccc2)c1OCc1ccccc1. The molecule has 8 rings (SSSR count). The molecular formula is C65H75N7O9S6. The first-order valence-corrected chi connectivity index (χ1v) is 33.6. The lowest BCUT2D eigenvalue weighted by Gasteiger charge is -2.32. The maximum absolute atomic E-state index is 15.3. The standard InChI is InChI=1S/C65H75N7O9S6/c1-6-7-10-20-47(68-59(76)53-26-27-54(62(79)72-32-36-87-65(72)84)56(81-40-46-18-13-9-14-19-46)55(53)80-39-45-16-11-8-12-17-45)37-69(29-28-66-57(74)49-22-24-51(43(4)41(49)2)60(77)70-30-34-85-63(70)82)38-48(21-15-33-73)67-58(75)50-23-25-52(44(5)42(50)3)61(78)71-31-35-86-64(71)83/h8-9,11-14,16-19,22-27,47-48,73H,6-7,10,15,20-21,28-40H2,1-5H3,(H,66,74)(H,67,75)(H,68,76)/t47-,48-/m0/s1. The summed E-state index contributed by atoms with van der Waals surface area (Å²) in [6.45, 7) is 11.8. The van der Waals surface area contributed by atoms with Crippen LogP contribution >= 0.6 is 71.9 Å². The van der Waals surface area contributed by atoms with E-state index in [1.165, 1.54) is 35.3 Å². The summed E-state index contributed by atoms with van der Waals surface area (Å²) in [5, 5.41) is 19.9. The second-order valence-corrected chi connectivity index (χ2v) is 26.8. The lowest BCUT2D eigenvalue weighted by Crippen LogP contribution is -2.51. The van der Waals surface area contributed by atoms with E-state index in [0.717, 1.165) is 41.9 Å². The van der Waals surface area contributed by atoms with Crippen LogP contribution in [0.1, 0.15) is 141 Å². The van der Waals surface area contributed by atoms with Gasteiger partial charge in [0.05, 0.1) is 11.1 Å². The minimum atomic E-state index is -0.529. The fraction of sp³-hybridized carbons (Fsp3) is 0.400. The number of hydrogen-bond donors (Lipinski definition) is 4. The van der Waals surface area contributed by atoms with Gasteiger partial charge in [-0.1, -0.05) is 159 Å². The number of aliphatic hydroxyl groups is 1. The zero-order valence-electron chi connectivity index (χ0n) is 49.8. The average molecular weight is 1290 g/mol. The maximum atomic E-state index is 15.3. The van der Waals surface area contributed by atoms with Crippen LogP contribution in [0.3, 0.4) is 0 Å². The van der Waals surface area contributed by atoms with Gasteiger partial charge in [-0.05, 0) is 117 Å². The summed E-state index contributed by atoms with van der Waals surface area (Å²) in [5.41, 5.74) is 6.43. The summed E-state index contributed by atoms with van der Waals surface area (Å²) in [6, 6.07) is 27.9. The van der Waals surface area contributed by atoms with Crippen LogP contribution in [0.2, 0.25) is 0 Å². The van der Waals surface area contributed by atoms with Crippen molar-refractivity contribution in [3.8, 4) is 11.5 Å². The van der Waals surface area contributed by atoms with Crippen LogP contribution in [0.5, 0.6) is 11.5 Å². The Morgan fingerprint density at radius 3 is 1.37 bits per heavy atom. The van der Waals surface area contributed by atoms with Crippen molar-refractivity contribution >= 4 is 120 Å². The molecule has 4 N–H and O–H groups in total. The van der Waals surface area contributed by atoms with E-state index >= 15 is 4.79 Å². The van der Waals surface area contributed by atoms with Gasteiger partial charge in [-0.25, -0.2) is 0 Å². The molecule has 5 aromatic carbocycles. The third kappa shape index (κ3) is 17.1. The number of benzene rings is 5. The van der Waals surface area contributed by atoms with E-state index in [0.29, 0.717) is 102 Å². The maximum Gasteiger partial charge on any atom is 0.263 e. The smallest absolute Gasteiger partial charge is 0.263 e. The number of aliphatic hydroxyl groups excluding tert-OH is 1. The topological polar surface area (TPSA) is 190 Å². The molecule has 0 unspecified atom stereocenters. The van der Waals surface area contributed by atoms with Crippen molar-refractivity contribution in [2.75, 3.05) is 69.7 Å².